The van der Waals surface area contributed by atoms with Crippen LogP contribution in [-0.4, -0.2) is 18.4 Å². The molecule has 0 spiro atoms. The van der Waals surface area contributed by atoms with Crippen molar-refractivity contribution in [2.45, 2.75) is 46.8 Å². The molecule has 0 saturated carbocycles. The highest BCUT2D eigenvalue weighted by Gasteiger charge is 2.55. The van der Waals surface area contributed by atoms with Crippen LogP contribution in [0, 0.1) is 10.8 Å². The SMILES string of the molecule is [3H]CSOC(=C)[C@H]1OC(C)C(C)(C)C1(C)C. The van der Waals surface area contributed by atoms with Crippen molar-refractivity contribution in [3.05, 3.63) is 12.3 Å². The fraction of sp³-hybridized carbons (Fsp3) is 0.833. The number of hydrogen-bond acceptors (Lipinski definition) is 3. The lowest BCUT2D eigenvalue weighted by molar-refractivity contribution is 0.0291. The molecular weight excluding hydrogens is 208 g/mol. The molecule has 2 atom stereocenters. The van der Waals surface area contributed by atoms with Gasteiger partial charge < -0.3 is 8.92 Å². The molecule has 88 valence electrons. The van der Waals surface area contributed by atoms with Gasteiger partial charge in [0.25, 0.3) is 0 Å². The van der Waals surface area contributed by atoms with Gasteiger partial charge in [-0.15, -0.1) is 0 Å². The Morgan fingerprint density at radius 1 is 1.40 bits per heavy atom. The van der Waals surface area contributed by atoms with Gasteiger partial charge in [-0.3, -0.25) is 0 Å². The zero-order chi connectivity index (χ0) is 12.6. The van der Waals surface area contributed by atoms with E-state index in [2.05, 4.69) is 41.2 Å². The first-order valence-corrected chi connectivity index (χ1v) is 6.09. The van der Waals surface area contributed by atoms with E-state index in [-0.39, 0.29) is 29.3 Å². The zero-order valence-electron chi connectivity index (χ0n) is 11.3. The predicted molar refractivity (Wildman–Crippen MR) is 65.6 cm³/mol. The molecule has 15 heavy (non-hydrogen) atoms. The van der Waals surface area contributed by atoms with Crippen LogP contribution in [0.25, 0.3) is 0 Å². The summed E-state index contributed by atoms with van der Waals surface area (Å²) in [5.74, 6) is 0.625. The zero-order valence-corrected chi connectivity index (χ0v) is 11.1. The topological polar surface area (TPSA) is 18.5 Å². The Kier molecular flexibility index (Phi) is 3.04. The van der Waals surface area contributed by atoms with E-state index >= 15 is 0 Å². The van der Waals surface area contributed by atoms with Crippen LogP contribution in [0.3, 0.4) is 0 Å². The molecule has 0 bridgehead atoms. The van der Waals surface area contributed by atoms with Crippen molar-refractivity contribution >= 4 is 12.0 Å². The van der Waals surface area contributed by atoms with Gasteiger partial charge in [-0.25, -0.2) is 0 Å². The monoisotopic (exact) mass is 232 g/mol. The van der Waals surface area contributed by atoms with Crippen molar-refractivity contribution in [3.63, 3.8) is 0 Å². The van der Waals surface area contributed by atoms with Gasteiger partial charge in [-0.2, -0.15) is 0 Å². The molecule has 0 aromatic rings. The van der Waals surface area contributed by atoms with Crippen LogP contribution in [0.15, 0.2) is 12.3 Å². The van der Waals surface area contributed by atoms with Crippen LogP contribution in [0.2, 0.25) is 0 Å². The van der Waals surface area contributed by atoms with E-state index in [1.807, 2.05) is 0 Å². The molecule has 1 unspecified atom stereocenters. The molecule has 0 N–H and O–H groups in total. The molecule has 0 amide bonds. The molecule has 1 aliphatic rings. The molecule has 1 aliphatic heterocycles. The summed E-state index contributed by atoms with van der Waals surface area (Å²) in [7, 11) is 0. The van der Waals surface area contributed by atoms with Gasteiger partial charge >= 0.3 is 0 Å². The minimum absolute atomic E-state index is 0.0217. The standard InChI is InChI=1S/C12H22O2S/c1-8(14-15-7)10-12(5,6)11(3,4)9(2)13-10/h9-10H,1H2,2-7H3/t9?,10-/m1/s1/i7T. The molecule has 1 saturated heterocycles. The fourth-order valence-electron chi connectivity index (χ4n) is 2.00. The maximum atomic E-state index is 7.04. The second-order valence-corrected chi connectivity index (χ2v) is 5.67. The largest absolute Gasteiger partial charge is 0.428 e. The summed E-state index contributed by atoms with van der Waals surface area (Å²) >= 11 is 1.09. The van der Waals surface area contributed by atoms with Gasteiger partial charge in [-0.1, -0.05) is 34.3 Å². The van der Waals surface area contributed by atoms with E-state index in [4.69, 9.17) is 10.3 Å². The van der Waals surface area contributed by atoms with Crippen LogP contribution in [-0.2, 0) is 8.92 Å². The number of rotatable bonds is 3. The molecule has 0 aromatic heterocycles. The maximum Gasteiger partial charge on any atom is 0.136 e. The Morgan fingerprint density at radius 3 is 2.40 bits per heavy atom. The summed E-state index contributed by atoms with van der Waals surface area (Å²) in [6.07, 6.45) is 0.246. The lowest BCUT2D eigenvalue weighted by Gasteiger charge is -2.38. The van der Waals surface area contributed by atoms with E-state index in [0.29, 0.717) is 5.76 Å². The normalized spacial score (nSPS) is 33.5. The lowest BCUT2D eigenvalue weighted by Crippen LogP contribution is -2.38. The van der Waals surface area contributed by atoms with Crippen LogP contribution in [0.1, 0.15) is 36.0 Å². The van der Waals surface area contributed by atoms with Gasteiger partial charge in [0.15, 0.2) is 0 Å². The molecule has 0 aromatic carbocycles. The molecule has 1 heterocycles. The highest BCUT2D eigenvalue weighted by Crippen LogP contribution is 2.54. The van der Waals surface area contributed by atoms with Crippen molar-refractivity contribution < 1.29 is 10.3 Å². The van der Waals surface area contributed by atoms with Crippen molar-refractivity contribution in [2.75, 3.05) is 6.23 Å². The second-order valence-electron chi connectivity index (χ2n) is 5.27. The Labute approximate surface area is 99.0 Å². The average Bonchev–Trinajstić information content (AvgIpc) is 2.35. The Hall–Kier alpha value is -0.150. The Bertz CT molecular complexity index is 276. The molecule has 2 nitrogen and oxygen atoms in total. The summed E-state index contributed by atoms with van der Waals surface area (Å²) in [5.41, 5.74) is 0.0572. The Balaban J connectivity index is 2.80. The highest BCUT2D eigenvalue weighted by atomic mass is 32.2. The first-order valence-electron chi connectivity index (χ1n) is 5.88. The highest BCUT2D eigenvalue weighted by molar-refractivity contribution is 7.94. The van der Waals surface area contributed by atoms with Gasteiger partial charge in [0.05, 0.1) is 18.1 Å². The molecule has 3 heteroatoms. The quantitative estimate of drug-likeness (QED) is 0.547. The first-order chi connectivity index (χ1) is 7.25. The lowest BCUT2D eigenvalue weighted by atomic mass is 9.64. The number of ether oxygens (including phenoxy) is 1. The van der Waals surface area contributed by atoms with Gasteiger partial charge in [0.1, 0.15) is 11.9 Å². The van der Waals surface area contributed by atoms with Crippen LogP contribution in [0.4, 0.5) is 0 Å². The van der Waals surface area contributed by atoms with E-state index in [1.54, 1.807) is 0 Å². The van der Waals surface area contributed by atoms with E-state index in [9.17, 15) is 0 Å². The third kappa shape index (κ3) is 1.92. The molecular formula is C12H22O2S. The van der Waals surface area contributed by atoms with Crippen LogP contribution in [0.5, 0.6) is 0 Å². The van der Waals surface area contributed by atoms with Crippen molar-refractivity contribution in [1.29, 1.82) is 0 Å². The molecule has 0 radical (unpaired) electrons. The third-order valence-electron chi connectivity index (χ3n) is 4.13. The predicted octanol–water partition coefficient (Wildman–Crippen LogP) is 3.63. The van der Waals surface area contributed by atoms with Gasteiger partial charge in [-0.05, 0) is 12.3 Å². The fourth-order valence-corrected chi connectivity index (χ4v) is 2.24. The first kappa shape index (κ1) is 11.3. The molecule has 1 fully saturated rings. The second kappa shape index (κ2) is 4.02. The number of hydrogen-bond donors (Lipinski definition) is 0. The summed E-state index contributed by atoms with van der Waals surface area (Å²) < 4.78 is 18.4. The molecule has 1 rings (SSSR count). The van der Waals surface area contributed by atoms with Crippen molar-refractivity contribution in [1.82, 2.24) is 0 Å². The smallest absolute Gasteiger partial charge is 0.136 e. The van der Waals surface area contributed by atoms with E-state index < -0.39 is 0 Å². The van der Waals surface area contributed by atoms with Crippen molar-refractivity contribution in [3.8, 4) is 0 Å². The van der Waals surface area contributed by atoms with Crippen LogP contribution >= 0.6 is 12.0 Å². The van der Waals surface area contributed by atoms with Crippen molar-refractivity contribution in [2.24, 2.45) is 10.8 Å². The molecule has 0 aliphatic carbocycles. The van der Waals surface area contributed by atoms with Gasteiger partial charge in [0, 0.05) is 13.0 Å². The minimum Gasteiger partial charge on any atom is -0.428 e. The van der Waals surface area contributed by atoms with Crippen LogP contribution < -0.4 is 0 Å². The maximum absolute atomic E-state index is 7.04. The summed E-state index contributed by atoms with van der Waals surface area (Å²) in [4.78, 5) is 0. The van der Waals surface area contributed by atoms with Gasteiger partial charge in [0.2, 0.25) is 0 Å². The summed E-state index contributed by atoms with van der Waals surface area (Å²) in [6.45, 7) is 14.8. The summed E-state index contributed by atoms with van der Waals surface area (Å²) in [5, 5.41) is 0. The van der Waals surface area contributed by atoms with E-state index in [0.717, 1.165) is 12.0 Å². The Morgan fingerprint density at radius 2 is 2.00 bits per heavy atom. The summed E-state index contributed by atoms with van der Waals surface area (Å²) in [6, 6.07) is 0. The minimum atomic E-state index is -0.100. The van der Waals surface area contributed by atoms with E-state index in [1.165, 1.54) is 0 Å². The average molecular weight is 232 g/mol. The third-order valence-corrected chi connectivity index (χ3v) is 4.46.